The van der Waals surface area contributed by atoms with Gasteiger partial charge in [0.05, 0.1) is 12.0 Å². The van der Waals surface area contributed by atoms with Crippen molar-refractivity contribution >= 4 is 22.9 Å². The van der Waals surface area contributed by atoms with Gasteiger partial charge in [-0.2, -0.15) is 26.3 Å². The van der Waals surface area contributed by atoms with Crippen LogP contribution in [-0.2, 0) is 6.18 Å². The molecule has 0 fully saturated rings. The van der Waals surface area contributed by atoms with Crippen LogP contribution in [0.3, 0.4) is 0 Å². The van der Waals surface area contributed by atoms with Crippen LogP contribution in [0.2, 0.25) is 0 Å². The van der Waals surface area contributed by atoms with Crippen molar-refractivity contribution in [3.05, 3.63) is 29.3 Å². The van der Waals surface area contributed by atoms with Gasteiger partial charge in [-0.1, -0.05) is 12.2 Å². The standard InChI is InChI=1S/C12H12F6N2S/c1-20(5-4-11(13,14)15)7-2-3-9(12(16,17)18)8(6-7)10(19)21/h2-3,6H,4-5H2,1H3,(H2,19,21). The Morgan fingerprint density at radius 3 is 2.19 bits per heavy atom. The molecule has 2 N–H and O–H groups in total. The molecule has 0 bridgehead atoms. The summed E-state index contributed by atoms with van der Waals surface area (Å²) < 4.78 is 74.7. The Labute approximate surface area is 122 Å². The van der Waals surface area contributed by atoms with E-state index in [1.54, 1.807) is 0 Å². The van der Waals surface area contributed by atoms with Crippen LogP contribution >= 0.6 is 12.2 Å². The summed E-state index contributed by atoms with van der Waals surface area (Å²) in [6, 6.07) is 2.89. The van der Waals surface area contributed by atoms with E-state index >= 15 is 0 Å². The number of anilines is 1. The molecule has 0 aliphatic rings. The highest BCUT2D eigenvalue weighted by molar-refractivity contribution is 7.80. The van der Waals surface area contributed by atoms with Crippen LogP contribution in [-0.4, -0.2) is 24.8 Å². The molecule has 9 heteroatoms. The summed E-state index contributed by atoms with van der Waals surface area (Å²) in [5, 5.41) is 0. The smallest absolute Gasteiger partial charge is 0.389 e. The molecule has 0 saturated heterocycles. The van der Waals surface area contributed by atoms with Crippen molar-refractivity contribution in [3.63, 3.8) is 0 Å². The van der Waals surface area contributed by atoms with Gasteiger partial charge in [-0.3, -0.25) is 0 Å². The summed E-state index contributed by atoms with van der Waals surface area (Å²) in [5.74, 6) is 0. The van der Waals surface area contributed by atoms with E-state index in [-0.39, 0.29) is 12.2 Å². The summed E-state index contributed by atoms with van der Waals surface area (Å²) in [6.45, 7) is -0.383. The minimum Gasteiger partial charge on any atom is -0.389 e. The molecule has 2 nitrogen and oxygen atoms in total. The maximum absolute atomic E-state index is 12.8. The Balaban J connectivity index is 3.06. The molecule has 0 heterocycles. The molecule has 0 amide bonds. The van der Waals surface area contributed by atoms with E-state index in [9.17, 15) is 26.3 Å². The largest absolute Gasteiger partial charge is 0.417 e. The molecule has 0 aliphatic carbocycles. The number of nitrogens with two attached hydrogens (primary N) is 1. The molecule has 21 heavy (non-hydrogen) atoms. The van der Waals surface area contributed by atoms with Crippen molar-refractivity contribution in [1.29, 1.82) is 0 Å². The van der Waals surface area contributed by atoms with Gasteiger partial charge in [0.15, 0.2) is 0 Å². The highest BCUT2D eigenvalue weighted by atomic mass is 32.1. The van der Waals surface area contributed by atoms with Gasteiger partial charge in [0, 0.05) is 24.8 Å². The molecule has 118 valence electrons. The van der Waals surface area contributed by atoms with Crippen LogP contribution in [0.25, 0.3) is 0 Å². The zero-order valence-corrected chi connectivity index (χ0v) is 11.7. The summed E-state index contributed by atoms with van der Waals surface area (Å²) in [5.41, 5.74) is 4.01. The summed E-state index contributed by atoms with van der Waals surface area (Å²) in [7, 11) is 1.34. The maximum Gasteiger partial charge on any atom is 0.417 e. The van der Waals surface area contributed by atoms with Crippen LogP contribution in [0, 0.1) is 0 Å². The van der Waals surface area contributed by atoms with Gasteiger partial charge < -0.3 is 10.6 Å². The summed E-state index contributed by atoms with van der Waals surface area (Å²) >= 11 is 4.57. The molecule has 0 unspecified atom stereocenters. The Bertz CT molecular complexity index is 523. The maximum atomic E-state index is 12.8. The lowest BCUT2D eigenvalue weighted by Crippen LogP contribution is -2.25. The number of alkyl halides is 6. The van der Waals surface area contributed by atoms with Crippen molar-refractivity contribution in [2.24, 2.45) is 5.73 Å². The average Bonchev–Trinajstić information content (AvgIpc) is 2.33. The van der Waals surface area contributed by atoms with Crippen molar-refractivity contribution in [1.82, 2.24) is 0 Å². The molecular formula is C12H12F6N2S. The first-order chi connectivity index (χ1) is 9.42. The molecule has 0 spiro atoms. The zero-order chi connectivity index (χ0) is 16.4. The highest BCUT2D eigenvalue weighted by Crippen LogP contribution is 2.34. The van der Waals surface area contributed by atoms with Gasteiger partial charge in [0.2, 0.25) is 0 Å². The van der Waals surface area contributed by atoms with E-state index in [2.05, 4.69) is 12.2 Å². The predicted octanol–water partition coefficient (Wildman–Crippen LogP) is 3.73. The lowest BCUT2D eigenvalue weighted by molar-refractivity contribution is -0.137. The monoisotopic (exact) mass is 330 g/mol. The van der Waals surface area contributed by atoms with Crippen molar-refractivity contribution in [2.75, 3.05) is 18.5 Å². The second kappa shape index (κ2) is 6.08. The van der Waals surface area contributed by atoms with Crippen LogP contribution in [0.5, 0.6) is 0 Å². The van der Waals surface area contributed by atoms with Crippen molar-refractivity contribution in [3.8, 4) is 0 Å². The van der Waals surface area contributed by atoms with E-state index in [1.165, 1.54) is 11.9 Å². The number of rotatable bonds is 4. The molecular weight excluding hydrogens is 318 g/mol. The molecule has 1 aromatic rings. The fourth-order valence-corrected chi connectivity index (χ4v) is 1.81. The van der Waals surface area contributed by atoms with Crippen LogP contribution < -0.4 is 10.6 Å². The Kier molecular flexibility index (Phi) is 5.08. The van der Waals surface area contributed by atoms with E-state index < -0.39 is 34.9 Å². The third kappa shape index (κ3) is 5.07. The lowest BCUT2D eigenvalue weighted by atomic mass is 10.1. The number of hydrogen-bond donors (Lipinski definition) is 1. The molecule has 1 aromatic carbocycles. The van der Waals surface area contributed by atoms with Gasteiger partial charge in [0.1, 0.15) is 4.99 Å². The Morgan fingerprint density at radius 1 is 1.19 bits per heavy atom. The zero-order valence-electron chi connectivity index (χ0n) is 10.8. The van der Waals surface area contributed by atoms with Crippen LogP contribution in [0.15, 0.2) is 18.2 Å². The third-order valence-electron chi connectivity index (χ3n) is 2.75. The lowest BCUT2D eigenvalue weighted by Gasteiger charge is -2.22. The Morgan fingerprint density at radius 2 is 1.76 bits per heavy atom. The molecule has 0 radical (unpaired) electrons. The average molecular weight is 330 g/mol. The SMILES string of the molecule is CN(CCC(F)(F)F)c1ccc(C(F)(F)F)c(C(N)=S)c1. The van der Waals surface area contributed by atoms with E-state index in [4.69, 9.17) is 5.73 Å². The van der Waals surface area contributed by atoms with Gasteiger partial charge in [-0.15, -0.1) is 0 Å². The van der Waals surface area contributed by atoms with E-state index in [0.717, 1.165) is 18.2 Å². The first-order valence-corrected chi connectivity index (χ1v) is 6.11. The number of halogens is 6. The first kappa shape index (κ1) is 17.5. The van der Waals surface area contributed by atoms with Gasteiger partial charge in [0.25, 0.3) is 0 Å². The number of benzene rings is 1. The van der Waals surface area contributed by atoms with Gasteiger partial charge in [-0.05, 0) is 18.2 Å². The minimum absolute atomic E-state index is 0.176. The molecule has 0 saturated carbocycles. The quantitative estimate of drug-likeness (QED) is 0.674. The van der Waals surface area contributed by atoms with Crippen LogP contribution in [0.1, 0.15) is 17.5 Å². The molecule has 0 aromatic heterocycles. The van der Waals surface area contributed by atoms with Crippen molar-refractivity contribution < 1.29 is 26.3 Å². The normalized spacial score (nSPS) is 12.3. The summed E-state index contributed by atoms with van der Waals surface area (Å²) in [4.78, 5) is 0.725. The van der Waals surface area contributed by atoms with E-state index in [0.29, 0.717) is 0 Å². The first-order valence-electron chi connectivity index (χ1n) is 5.71. The van der Waals surface area contributed by atoms with Crippen LogP contribution in [0.4, 0.5) is 32.0 Å². The van der Waals surface area contributed by atoms with E-state index in [1.807, 2.05) is 0 Å². The minimum atomic E-state index is -4.64. The molecule has 1 rings (SSSR count). The second-order valence-corrected chi connectivity index (χ2v) is 4.82. The van der Waals surface area contributed by atoms with Gasteiger partial charge >= 0.3 is 12.4 Å². The molecule has 0 atom stereocenters. The predicted molar refractivity (Wildman–Crippen MR) is 71.3 cm³/mol. The second-order valence-electron chi connectivity index (χ2n) is 4.38. The van der Waals surface area contributed by atoms with Gasteiger partial charge in [-0.25, -0.2) is 0 Å². The Hall–Kier alpha value is -1.51. The highest BCUT2D eigenvalue weighted by Gasteiger charge is 2.34. The number of thiocarbonyl (C=S) groups is 1. The number of hydrogen-bond acceptors (Lipinski definition) is 2. The summed E-state index contributed by atoms with van der Waals surface area (Å²) in [6.07, 6.45) is -10.1. The fraction of sp³-hybridized carbons (Fsp3) is 0.417. The fourth-order valence-electron chi connectivity index (χ4n) is 1.64. The number of nitrogens with zero attached hydrogens (tertiary/aromatic N) is 1. The third-order valence-corrected chi connectivity index (χ3v) is 2.97. The molecule has 0 aliphatic heterocycles. The van der Waals surface area contributed by atoms with Crippen molar-refractivity contribution in [2.45, 2.75) is 18.8 Å². The topological polar surface area (TPSA) is 29.3 Å².